The summed E-state index contributed by atoms with van der Waals surface area (Å²) in [6.07, 6.45) is 1.81. The Hall–Kier alpha value is -1.78. The number of anilines is 1. The molecule has 0 aliphatic carbocycles. The molecule has 4 nitrogen and oxygen atoms in total. The Morgan fingerprint density at radius 3 is 2.55 bits per heavy atom. The van der Waals surface area contributed by atoms with Gasteiger partial charge in [0.1, 0.15) is 0 Å². The van der Waals surface area contributed by atoms with Crippen LogP contribution in [0.15, 0.2) is 18.2 Å². The zero-order chi connectivity index (χ0) is 15.0. The summed E-state index contributed by atoms with van der Waals surface area (Å²) in [7, 11) is 0. The molecule has 0 unspecified atom stereocenters. The van der Waals surface area contributed by atoms with E-state index in [2.05, 4.69) is 10.6 Å². The van der Waals surface area contributed by atoms with E-state index >= 15 is 0 Å². The first-order valence-corrected chi connectivity index (χ1v) is 7.06. The fourth-order valence-electron chi connectivity index (χ4n) is 1.84. The predicted molar refractivity (Wildman–Crippen MR) is 78.6 cm³/mol. The van der Waals surface area contributed by atoms with E-state index in [1.165, 1.54) is 6.07 Å². The van der Waals surface area contributed by atoms with E-state index in [4.69, 9.17) is 4.74 Å². The largest absolute Gasteiger partial charge is 0.491 e. The van der Waals surface area contributed by atoms with Crippen LogP contribution >= 0.6 is 0 Å². The molecule has 0 saturated heterocycles. The van der Waals surface area contributed by atoms with Gasteiger partial charge in [-0.25, -0.2) is 4.39 Å². The molecule has 1 amide bonds. The molecule has 0 bridgehead atoms. The minimum absolute atomic E-state index is 0.0898. The fourth-order valence-corrected chi connectivity index (χ4v) is 1.84. The lowest BCUT2D eigenvalue weighted by atomic mass is 10.2. The first kappa shape index (κ1) is 16.3. The van der Waals surface area contributed by atoms with Gasteiger partial charge in [0.15, 0.2) is 11.6 Å². The van der Waals surface area contributed by atoms with Crippen LogP contribution in [0.2, 0.25) is 0 Å². The van der Waals surface area contributed by atoms with Gasteiger partial charge in [-0.1, -0.05) is 13.8 Å². The molecule has 5 heteroatoms. The van der Waals surface area contributed by atoms with E-state index in [0.29, 0.717) is 12.3 Å². The lowest BCUT2D eigenvalue weighted by Crippen LogP contribution is -2.37. The van der Waals surface area contributed by atoms with Gasteiger partial charge in [0.05, 0.1) is 13.2 Å². The van der Waals surface area contributed by atoms with E-state index in [1.807, 2.05) is 13.8 Å². The number of halogens is 1. The molecule has 0 aliphatic rings. The molecule has 2 N–H and O–H groups in total. The van der Waals surface area contributed by atoms with Gasteiger partial charge in [-0.15, -0.1) is 0 Å². The van der Waals surface area contributed by atoms with Gasteiger partial charge in [0.25, 0.3) is 0 Å². The van der Waals surface area contributed by atoms with E-state index in [1.54, 1.807) is 19.1 Å². The number of benzene rings is 1. The number of carbonyl (C=O) groups is 1. The standard InChI is InChI=1S/C15H23FN2O2/c1-4-11(5-2)18-15(19)10-17-12-7-8-14(20-6-3)13(16)9-12/h7-9,11,17H,4-6,10H2,1-3H3,(H,18,19). The molecule has 0 atom stereocenters. The Labute approximate surface area is 119 Å². The van der Waals surface area contributed by atoms with Crippen molar-refractivity contribution >= 4 is 11.6 Å². The van der Waals surface area contributed by atoms with Crippen molar-refractivity contribution in [3.05, 3.63) is 24.0 Å². The maximum Gasteiger partial charge on any atom is 0.239 e. The van der Waals surface area contributed by atoms with Gasteiger partial charge in [0, 0.05) is 17.8 Å². The van der Waals surface area contributed by atoms with Crippen LogP contribution in [0.25, 0.3) is 0 Å². The zero-order valence-corrected chi connectivity index (χ0v) is 12.3. The maximum absolute atomic E-state index is 13.6. The second-order valence-corrected chi connectivity index (χ2v) is 4.51. The monoisotopic (exact) mass is 282 g/mol. The van der Waals surface area contributed by atoms with Crippen molar-refractivity contribution in [3.8, 4) is 5.75 Å². The van der Waals surface area contributed by atoms with Crippen molar-refractivity contribution in [1.29, 1.82) is 0 Å². The zero-order valence-electron chi connectivity index (χ0n) is 12.3. The predicted octanol–water partition coefficient (Wildman–Crippen LogP) is 2.94. The summed E-state index contributed by atoms with van der Waals surface area (Å²) in [5, 5.41) is 5.81. The lowest BCUT2D eigenvalue weighted by molar-refractivity contribution is -0.120. The molecule has 20 heavy (non-hydrogen) atoms. The second kappa shape index (κ2) is 8.40. The third-order valence-electron chi connectivity index (χ3n) is 3.04. The molecular formula is C15H23FN2O2. The molecule has 112 valence electrons. The summed E-state index contributed by atoms with van der Waals surface area (Å²) in [5.74, 6) is -0.301. The van der Waals surface area contributed by atoms with Crippen LogP contribution < -0.4 is 15.4 Å². The van der Waals surface area contributed by atoms with E-state index in [9.17, 15) is 9.18 Å². The Morgan fingerprint density at radius 1 is 1.30 bits per heavy atom. The average Bonchev–Trinajstić information content (AvgIpc) is 2.45. The number of hydrogen-bond acceptors (Lipinski definition) is 3. The van der Waals surface area contributed by atoms with Crippen molar-refractivity contribution in [2.24, 2.45) is 0 Å². The third kappa shape index (κ3) is 5.07. The molecule has 0 fully saturated rings. The van der Waals surface area contributed by atoms with Gasteiger partial charge < -0.3 is 15.4 Å². The molecule has 0 saturated carbocycles. The molecule has 0 heterocycles. The van der Waals surface area contributed by atoms with Crippen molar-refractivity contribution in [3.63, 3.8) is 0 Å². The summed E-state index contributed by atoms with van der Waals surface area (Å²) in [6.45, 7) is 6.41. The molecule has 0 aromatic heterocycles. The SMILES string of the molecule is CCOc1ccc(NCC(=O)NC(CC)CC)cc1F. The Balaban J connectivity index is 2.49. The first-order chi connectivity index (χ1) is 9.60. The lowest BCUT2D eigenvalue weighted by Gasteiger charge is -2.15. The molecule has 0 aliphatic heterocycles. The number of hydrogen-bond donors (Lipinski definition) is 2. The smallest absolute Gasteiger partial charge is 0.239 e. The van der Waals surface area contributed by atoms with E-state index in [-0.39, 0.29) is 24.2 Å². The molecule has 1 rings (SSSR count). The van der Waals surface area contributed by atoms with Crippen molar-refractivity contribution in [2.75, 3.05) is 18.5 Å². The minimum Gasteiger partial charge on any atom is -0.491 e. The highest BCUT2D eigenvalue weighted by atomic mass is 19.1. The van der Waals surface area contributed by atoms with Gasteiger partial charge in [-0.05, 0) is 31.9 Å². The van der Waals surface area contributed by atoms with Gasteiger partial charge >= 0.3 is 0 Å². The molecule has 0 spiro atoms. The minimum atomic E-state index is -0.433. The number of rotatable bonds is 8. The molecule has 0 radical (unpaired) electrons. The Bertz CT molecular complexity index is 434. The number of nitrogens with one attached hydrogen (secondary N) is 2. The summed E-state index contributed by atoms with van der Waals surface area (Å²) >= 11 is 0. The van der Waals surface area contributed by atoms with E-state index in [0.717, 1.165) is 12.8 Å². The van der Waals surface area contributed by atoms with Crippen LogP contribution in [-0.2, 0) is 4.79 Å². The van der Waals surface area contributed by atoms with Gasteiger partial charge in [-0.2, -0.15) is 0 Å². The number of amides is 1. The van der Waals surface area contributed by atoms with Gasteiger partial charge in [0.2, 0.25) is 5.91 Å². The highest BCUT2D eigenvalue weighted by molar-refractivity contribution is 5.81. The van der Waals surface area contributed by atoms with Crippen molar-refractivity contribution < 1.29 is 13.9 Å². The highest BCUT2D eigenvalue weighted by Crippen LogP contribution is 2.20. The second-order valence-electron chi connectivity index (χ2n) is 4.51. The third-order valence-corrected chi connectivity index (χ3v) is 3.04. The summed E-state index contributed by atoms with van der Waals surface area (Å²) in [5.41, 5.74) is 0.561. The van der Waals surface area contributed by atoms with Crippen molar-refractivity contribution in [1.82, 2.24) is 5.32 Å². The van der Waals surface area contributed by atoms with Crippen LogP contribution in [0.5, 0.6) is 5.75 Å². The van der Waals surface area contributed by atoms with Crippen molar-refractivity contribution in [2.45, 2.75) is 39.7 Å². The van der Waals surface area contributed by atoms with E-state index < -0.39 is 5.82 Å². The van der Waals surface area contributed by atoms with Crippen LogP contribution in [0.4, 0.5) is 10.1 Å². The number of carbonyl (C=O) groups excluding carboxylic acids is 1. The summed E-state index contributed by atoms with van der Waals surface area (Å²) < 4.78 is 18.7. The van der Waals surface area contributed by atoms with Crippen LogP contribution in [0, 0.1) is 5.82 Å². The Kier molecular flexibility index (Phi) is 6.84. The van der Waals surface area contributed by atoms with Crippen LogP contribution in [-0.4, -0.2) is 25.1 Å². The topological polar surface area (TPSA) is 50.4 Å². The maximum atomic E-state index is 13.6. The highest BCUT2D eigenvalue weighted by Gasteiger charge is 2.09. The molecule has 1 aromatic rings. The number of ether oxygens (including phenoxy) is 1. The summed E-state index contributed by atoms with van der Waals surface area (Å²) in [6, 6.07) is 4.77. The van der Waals surface area contributed by atoms with Gasteiger partial charge in [-0.3, -0.25) is 4.79 Å². The van der Waals surface area contributed by atoms with Crippen LogP contribution in [0.1, 0.15) is 33.6 Å². The quantitative estimate of drug-likeness (QED) is 0.770. The fraction of sp³-hybridized carbons (Fsp3) is 0.533. The molecular weight excluding hydrogens is 259 g/mol. The summed E-state index contributed by atoms with van der Waals surface area (Å²) in [4.78, 5) is 11.7. The molecule has 1 aromatic carbocycles. The normalized spacial score (nSPS) is 10.4. The van der Waals surface area contributed by atoms with Crippen LogP contribution in [0.3, 0.4) is 0 Å². The average molecular weight is 282 g/mol. The first-order valence-electron chi connectivity index (χ1n) is 7.06. The Morgan fingerprint density at radius 2 is 2.00 bits per heavy atom.